The SMILES string of the molecule is CCc1ccccc1NC(=O)CNC(=O)CN(C)Cc1ccc2cc(OC)ccc2c1. The fraction of sp³-hybridized carbons (Fsp3) is 0.280. The number of nitrogens with one attached hydrogen (secondary N) is 2. The van der Waals surface area contributed by atoms with Gasteiger partial charge in [-0.05, 0) is 59.6 Å². The molecule has 3 aromatic carbocycles. The third-order valence-corrected chi connectivity index (χ3v) is 5.10. The number of anilines is 1. The second kappa shape index (κ2) is 10.6. The lowest BCUT2D eigenvalue weighted by atomic mass is 10.1. The predicted molar refractivity (Wildman–Crippen MR) is 124 cm³/mol. The van der Waals surface area contributed by atoms with E-state index < -0.39 is 0 Å². The number of aryl methyl sites for hydroxylation is 1. The second-order valence-electron chi connectivity index (χ2n) is 7.56. The quantitative estimate of drug-likeness (QED) is 0.556. The number of likely N-dealkylation sites (N-methyl/N-ethyl adjacent to an activating group) is 1. The summed E-state index contributed by atoms with van der Waals surface area (Å²) in [5, 5.41) is 7.79. The van der Waals surface area contributed by atoms with Crippen LogP contribution in [0, 0.1) is 0 Å². The average molecular weight is 420 g/mol. The summed E-state index contributed by atoms with van der Waals surface area (Å²) in [4.78, 5) is 26.4. The van der Waals surface area contributed by atoms with E-state index in [2.05, 4.69) is 28.8 Å². The van der Waals surface area contributed by atoms with Crippen molar-refractivity contribution in [1.82, 2.24) is 10.2 Å². The van der Waals surface area contributed by atoms with Crippen molar-refractivity contribution in [2.75, 3.05) is 32.6 Å². The molecule has 0 aliphatic heterocycles. The molecule has 3 rings (SSSR count). The van der Waals surface area contributed by atoms with Crippen LogP contribution in [0.5, 0.6) is 5.75 Å². The summed E-state index contributed by atoms with van der Waals surface area (Å²) >= 11 is 0. The Labute approximate surface area is 183 Å². The highest BCUT2D eigenvalue weighted by Gasteiger charge is 2.11. The van der Waals surface area contributed by atoms with E-state index in [1.165, 1.54) is 0 Å². The van der Waals surface area contributed by atoms with Crippen molar-refractivity contribution in [1.29, 1.82) is 0 Å². The topological polar surface area (TPSA) is 70.7 Å². The molecule has 2 amide bonds. The summed E-state index contributed by atoms with van der Waals surface area (Å²) in [5.74, 6) is 0.407. The Kier molecular flexibility index (Phi) is 7.62. The normalized spacial score (nSPS) is 10.8. The zero-order valence-electron chi connectivity index (χ0n) is 18.3. The monoisotopic (exact) mass is 419 g/mol. The van der Waals surface area contributed by atoms with Crippen LogP contribution in [0.1, 0.15) is 18.1 Å². The van der Waals surface area contributed by atoms with Gasteiger partial charge in [-0.2, -0.15) is 0 Å². The Balaban J connectivity index is 1.48. The molecule has 0 aromatic heterocycles. The number of para-hydroxylation sites is 1. The van der Waals surface area contributed by atoms with E-state index in [0.29, 0.717) is 6.54 Å². The molecule has 0 fully saturated rings. The minimum atomic E-state index is -0.234. The van der Waals surface area contributed by atoms with E-state index in [0.717, 1.165) is 39.8 Å². The molecule has 0 saturated carbocycles. The summed E-state index contributed by atoms with van der Waals surface area (Å²) in [6.45, 7) is 2.82. The first kappa shape index (κ1) is 22.3. The zero-order valence-corrected chi connectivity index (χ0v) is 18.3. The van der Waals surface area contributed by atoms with Gasteiger partial charge in [-0.1, -0.05) is 43.3 Å². The van der Waals surface area contributed by atoms with Crippen LogP contribution in [-0.2, 0) is 22.6 Å². The van der Waals surface area contributed by atoms with Crippen LogP contribution in [0.15, 0.2) is 60.7 Å². The maximum absolute atomic E-state index is 12.3. The molecule has 162 valence electrons. The molecule has 0 bridgehead atoms. The van der Waals surface area contributed by atoms with E-state index >= 15 is 0 Å². The van der Waals surface area contributed by atoms with Crippen LogP contribution < -0.4 is 15.4 Å². The van der Waals surface area contributed by atoms with Gasteiger partial charge < -0.3 is 15.4 Å². The van der Waals surface area contributed by atoms with E-state index in [1.807, 2.05) is 61.3 Å². The van der Waals surface area contributed by atoms with E-state index in [4.69, 9.17) is 4.74 Å². The molecular formula is C25H29N3O3. The smallest absolute Gasteiger partial charge is 0.243 e. The van der Waals surface area contributed by atoms with Crippen molar-refractivity contribution in [2.24, 2.45) is 0 Å². The number of benzene rings is 3. The molecule has 6 heteroatoms. The van der Waals surface area contributed by atoms with Gasteiger partial charge in [0.2, 0.25) is 11.8 Å². The second-order valence-corrected chi connectivity index (χ2v) is 7.56. The maximum atomic E-state index is 12.3. The van der Waals surface area contributed by atoms with Gasteiger partial charge in [0, 0.05) is 12.2 Å². The molecule has 2 N–H and O–H groups in total. The Morgan fingerprint density at radius 1 is 0.968 bits per heavy atom. The minimum absolute atomic E-state index is 0.0530. The van der Waals surface area contributed by atoms with Gasteiger partial charge in [0.25, 0.3) is 0 Å². The molecule has 0 spiro atoms. The predicted octanol–water partition coefficient (Wildman–Crippen LogP) is 3.60. The van der Waals surface area contributed by atoms with Gasteiger partial charge in [0.15, 0.2) is 0 Å². The molecule has 0 saturated heterocycles. The molecule has 0 atom stereocenters. The van der Waals surface area contributed by atoms with E-state index in [9.17, 15) is 9.59 Å². The molecule has 3 aromatic rings. The number of carbonyl (C=O) groups excluding carboxylic acids is 2. The Hall–Kier alpha value is -3.38. The molecule has 0 aliphatic carbocycles. The highest BCUT2D eigenvalue weighted by atomic mass is 16.5. The lowest BCUT2D eigenvalue weighted by Gasteiger charge is -2.17. The third kappa shape index (κ3) is 6.30. The maximum Gasteiger partial charge on any atom is 0.243 e. The van der Waals surface area contributed by atoms with E-state index in [1.54, 1.807) is 7.11 Å². The fourth-order valence-corrected chi connectivity index (χ4v) is 3.49. The number of methoxy groups -OCH3 is 1. The summed E-state index contributed by atoms with van der Waals surface area (Å²) in [7, 11) is 3.54. The number of amides is 2. The van der Waals surface area contributed by atoms with Gasteiger partial charge in [-0.15, -0.1) is 0 Å². The van der Waals surface area contributed by atoms with Crippen LogP contribution in [0.4, 0.5) is 5.69 Å². The van der Waals surface area contributed by atoms with Crippen molar-refractivity contribution in [2.45, 2.75) is 19.9 Å². The highest BCUT2D eigenvalue weighted by Crippen LogP contribution is 2.22. The molecule has 6 nitrogen and oxygen atoms in total. The van der Waals surface area contributed by atoms with Gasteiger partial charge in [-0.25, -0.2) is 0 Å². The van der Waals surface area contributed by atoms with Crippen molar-refractivity contribution >= 4 is 28.3 Å². The lowest BCUT2D eigenvalue weighted by molar-refractivity contribution is -0.124. The molecule has 0 heterocycles. The fourth-order valence-electron chi connectivity index (χ4n) is 3.49. The highest BCUT2D eigenvalue weighted by molar-refractivity contribution is 5.95. The third-order valence-electron chi connectivity index (χ3n) is 5.10. The number of ether oxygens (including phenoxy) is 1. The number of hydrogen-bond acceptors (Lipinski definition) is 4. The number of fused-ring (bicyclic) bond motifs is 1. The van der Waals surface area contributed by atoms with Crippen LogP contribution in [0.2, 0.25) is 0 Å². The summed E-state index contributed by atoms with van der Waals surface area (Å²) in [6, 6.07) is 19.9. The average Bonchev–Trinajstić information content (AvgIpc) is 2.77. The Morgan fingerprint density at radius 3 is 2.48 bits per heavy atom. The summed E-state index contributed by atoms with van der Waals surface area (Å²) in [5.41, 5.74) is 2.97. The first-order chi connectivity index (χ1) is 15.0. The first-order valence-corrected chi connectivity index (χ1v) is 10.4. The molecule has 31 heavy (non-hydrogen) atoms. The Bertz CT molecular complexity index is 1060. The first-order valence-electron chi connectivity index (χ1n) is 10.4. The van der Waals surface area contributed by atoms with Crippen LogP contribution in [0.3, 0.4) is 0 Å². The van der Waals surface area contributed by atoms with Crippen molar-refractivity contribution < 1.29 is 14.3 Å². The zero-order chi connectivity index (χ0) is 22.2. The minimum Gasteiger partial charge on any atom is -0.497 e. The van der Waals surface area contributed by atoms with E-state index in [-0.39, 0.29) is 24.9 Å². The van der Waals surface area contributed by atoms with Gasteiger partial charge in [0.05, 0.1) is 20.2 Å². The van der Waals surface area contributed by atoms with Crippen molar-refractivity contribution in [3.63, 3.8) is 0 Å². The van der Waals surface area contributed by atoms with Gasteiger partial charge in [0.1, 0.15) is 5.75 Å². The standard InChI is InChI=1S/C25H29N3O3/c1-4-19-7-5-6-8-23(19)27-24(29)15-26-25(30)17-28(2)16-18-9-10-21-14-22(31-3)12-11-20(21)13-18/h5-14H,4,15-17H2,1-3H3,(H,26,30)(H,27,29). The van der Waals surface area contributed by atoms with Crippen molar-refractivity contribution in [3.8, 4) is 5.75 Å². The molecule has 0 unspecified atom stereocenters. The number of nitrogens with zero attached hydrogens (tertiary/aromatic N) is 1. The Morgan fingerprint density at radius 2 is 1.71 bits per heavy atom. The van der Waals surface area contributed by atoms with Crippen molar-refractivity contribution in [3.05, 3.63) is 71.8 Å². The summed E-state index contributed by atoms with van der Waals surface area (Å²) in [6.07, 6.45) is 0.829. The molecule has 0 aliphatic rings. The number of rotatable bonds is 9. The van der Waals surface area contributed by atoms with Crippen LogP contribution >= 0.6 is 0 Å². The molecule has 0 radical (unpaired) electrons. The largest absolute Gasteiger partial charge is 0.497 e. The number of carbonyl (C=O) groups is 2. The summed E-state index contributed by atoms with van der Waals surface area (Å²) < 4.78 is 5.26. The lowest BCUT2D eigenvalue weighted by Crippen LogP contribution is -2.39. The molecular weight excluding hydrogens is 390 g/mol. The van der Waals surface area contributed by atoms with Gasteiger partial charge >= 0.3 is 0 Å². The van der Waals surface area contributed by atoms with Gasteiger partial charge in [-0.3, -0.25) is 14.5 Å². The van der Waals surface area contributed by atoms with Crippen LogP contribution in [0.25, 0.3) is 10.8 Å². The van der Waals surface area contributed by atoms with Crippen LogP contribution in [-0.4, -0.2) is 44.0 Å². The number of hydrogen-bond donors (Lipinski definition) is 2.